The molecule has 1 atom stereocenters. The number of aromatic nitrogens is 2. The van der Waals surface area contributed by atoms with E-state index in [-0.39, 0.29) is 0 Å². The Morgan fingerprint density at radius 3 is 3.06 bits per heavy atom. The van der Waals surface area contributed by atoms with Crippen LogP contribution >= 0.6 is 11.8 Å². The first kappa shape index (κ1) is 12.4. The van der Waals surface area contributed by atoms with Gasteiger partial charge in [-0.15, -0.1) is 0 Å². The number of thioether (sulfide) groups is 1. The van der Waals surface area contributed by atoms with E-state index in [9.17, 15) is 0 Å². The van der Waals surface area contributed by atoms with Gasteiger partial charge in [-0.2, -0.15) is 16.7 Å². The fraction of sp³-hybridized carbons (Fsp3) is 0.636. The molecular formula is C11H19N5S. The Balaban J connectivity index is 1.91. The molecule has 0 spiro atoms. The number of hydrogen-bond acceptors (Lipinski definition) is 6. The first-order chi connectivity index (χ1) is 8.28. The number of nitrogens with one attached hydrogen (secondary N) is 2. The lowest BCUT2D eigenvalue weighted by molar-refractivity contribution is 0.677. The van der Waals surface area contributed by atoms with Gasteiger partial charge in [0, 0.05) is 23.6 Å². The highest BCUT2D eigenvalue weighted by atomic mass is 32.2. The van der Waals surface area contributed by atoms with Crippen LogP contribution in [0.1, 0.15) is 25.0 Å². The Morgan fingerprint density at radius 1 is 1.47 bits per heavy atom. The van der Waals surface area contributed by atoms with Gasteiger partial charge in [-0.3, -0.25) is 5.43 Å². The maximum atomic E-state index is 5.32. The normalized spacial score (nSPS) is 20.0. The molecule has 94 valence electrons. The molecule has 1 fully saturated rings. The lowest BCUT2D eigenvalue weighted by Crippen LogP contribution is -2.21. The van der Waals surface area contributed by atoms with E-state index in [2.05, 4.69) is 32.5 Å². The summed E-state index contributed by atoms with van der Waals surface area (Å²) >= 11 is 2.05. The zero-order valence-corrected chi connectivity index (χ0v) is 10.9. The lowest BCUT2D eigenvalue weighted by Gasteiger charge is -2.21. The predicted octanol–water partition coefficient (Wildman–Crippen LogP) is 1.77. The molecule has 0 amide bonds. The Kier molecular flexibility index (Phi) is 4.44. The summed E-state index contributed by atoms with van der Waals surface area (Å²) in [5, 5.41) is 4.06. The van der Waals surface area contributed by atoms with Crippen LogP contribution in [-0.4, -0.2) is 27.5 Å². The number of nitrogens with two attached hydrogens (primary N) is 1. The second-order valence-electron chi connectivity index (χ2n) is 4.23. The van der Waals surface area contributed by atoms with Gasteiger partial charge in [0.2, 0.25) is 5.95 Å². The summed E-state index contributed by atoms with van der Waals surface area (Å²) < 4.78 is 0. The van der Waals surface area contributed by atoms with Gasteiger partial charge in [-0.1, -0.05) is 6.42 Å². The summed E-state index contributed by atoms with van der Waals surface area (Å²) in [7, 11) is 0. The third kappa shape index (κ3) is 3.74. The Labute approximate surface area is 106 Å². The minimum Gasteiger partial charge on any atom is -0.369 e. The number of hydrogen-bond donors (Lipinski definition) is 3. The van der Waals surface area contributed by atoms with Crippen molar-refractivity contribution in [3.63, 3.8) is 0 Å². The van der Waals surface area contributed by atoms with Gasteiger partial charge in [-0.25, -0.2) is 10.8 Å². The fourth-order valence-corrected chi connectivity index (χ4v) is 3.15. The predicted molar refractivity (Wildman–Crippen MR) is 73.2 cm³/mol. The molecular weight excluding hydrogens is 234 g/mol. The van der Waals surface area contributed by atoms with Crippen molar-refractivity contribution < 1.29 is 0 Å². The van der Waals surface area contributed by atoms with Crippen LogP contribution in [0.3, 0.4) is 0 Å². The van der Waals surface area contributed by atoms with Gasteiger partial charge >= 0.3 is 0 Å². The Hall–Kier alpha value is -1.01. The summed E-state index contributed by atoms with van der Waals surface area (Å²) in [6, 6.07) is 1.94. The maximum Gasteiger partial charge on any atom is 0.239 e. The van der Waals surface area contributed by atoms with E-state index in [0.717, 1.165) is 18.1 Å². The average Bonchev–Trinajstić information content (AvgIpc) is 2.37. The molecule has 1 aromatic rings. The van der Waals surface area contributed by atoms with E-state index in [0.29, 0.717) is 11.2 Å². The van der Waals surface area contributed by atoms with Crippen LogP contribution in [0.25, 0.3) is 0 Å². The topological polar surface area (TPSA) is 75.9 Å². The summed E-state index contributed by atoms with van der Waals surface area (Å²) in [4.78, 5) is 8.42. The maximum absolute atomic E-state index is 5.32. The van der Waals surface area contributed by atoms with Crippen LogP contribution < -0.4 is 16.6 Å². The lowest BCUT2D eigenvalue weighted by atomic mass is 10.2. The second kappa shape index (κ2) is 6.07. The minimum absolute atomic E-state index is 0.462. The van der Waals surface area contributed by atoms with Crippen molar-refractivity contribution in [1.29, 1.82) is 0 Å². The summed E-state index contributed by atoms with van der Waals surface area (Å²) in [6.45, 7) is 2.90. The molecule has 17 heavy (non-hydrogen) atoms. The molecule has 0 aliphatic carbocycles. The van der Waals surface area contributed by atoms with E-state index in [1.807, 2.05) is 13.0 Å². The van der Waals surface area contributed by atoms with E-state index in [1.54, 1.807) is 0 Å². The summed E-state index contributed by atoms with van der Waals surface area (Å²) in [5.41, 5.74) is 3.39. The molecule has 6 heteroatoms. The van der Waals surface area contributed by atoms with Crippen molar-refractivity contribution in [2.75, 3.05) is 23.0 Å². The van der Waals surface area contributed by atoms with Crippen LogP contribution in [-0.2, 0) is 0 Å². The first-order valence-electron chi connectivity index (χ1n) is 5.95. The fourth-order valence-electron chi connectivity index (χ4n) is 1.91. The molecule has 1 aliphatic heterocycles. The van der Waals surface area contributed by atoms with Crippen molar-refractivity contribution >= 4 is 23.5 Å². The molecule has 5 nitrogen and oxygen atoms in total. The zero-order chi connectivity index (χ0) is 12.1. The van der Waals surface area contributed by atoms with Crippen LogP contribution in [0.4, 0.5) is 11.8 Å². The number of rotatable bonds is 4. The van der Waals surface area contributed by atoms with Crippen molar-refractivity contribution in [1.82, 2.24) is 9.97 Å². The quantitative estimate of drug-likeness (QED) is 0.561. The highest BCUT2D eigenvalue weighted by molar-refractivity contribution is 7.99. The molecule has 1 aromatic heterocycles. The van der Waals surface area contributed by atoms with E-state index in [1.165, 1.54) is 25.0 Å². The third-order valence-corrected chi connectivity index (χ3v) is 4.17. The van der Waals surface area contributed by atoms with Crippen molar-refractivity contribution in [2.45, 2.75) is 31.4 Å². The summed E-state index contributed by atoms with van der Waals surface area (Å²) in [6.07, 6.45) is 4.00. The molecule has 1 saturated heterocycles. The number of nitrogen functional groups attached to an aromatic ring is 1. The van der Waals surface area contributed by atoms with Crippen LogP contribution in [0, 0.1) is 6.92 Å². The van der Waals surface area contributed by atoms with Gasteiger partial charge in [-0.05, 0) is 25.5 Å². The third-order valence-electron chi connectivity index (χ3n) is 2.77. The molecule has 0 aromatic carbocycles. The molecule has 2 heterocycles. The van der Waals surface area contributed by atoms with E-state index in [4.69, 9.17) is 5.84 Å². The molecule has 4 N–H and O–H groups in total. The standard InChI is InChI=1S/C11H19N5S/c1-8-6-10(15-11(14-8)16-12)13-7-9-4-2-3-5-17-9/h6,9H,2-5,7,12H2,1H3,(H2,13,14,15,16). The van der Waals surface area contributed by atoms with Gasteiger partial charge in [0.25, 0.3) is 0 Å². The first-order valence-corrected chi connectivity index (χ1v) is 7.00. The van der Waals surface area contributed by atoms with Crippen LogP contribution in [0.5, 0.6) is 0 Å². The Bertz CT molecular complexity index is 365. The molecule has 1 aliphatic rings. The van der Waals surface area contributed by atoms with Gasteiger partial charge < -0.3 is 5.32 Å². The smallest absolute Gasteiger partial charge is 0.239 e. The van der Waals surface area contributed by atoms with Crippen molar-refractivity contribution in [2.24, 2.45) is 5.84 Å². The second-order valence-corrected chi connectivity index (χ2v) is 5.64. The largest absolute Gasteiger partial charge is 0.369 e. The molecule has 2 rings (SSSR count). The number of anilines is 2. The van der Waals surface area contributed by atoms with Crippen molar-refractivity contribution in [3.05, 3.63) is 11.8 Å². The highest BCUT2D eigenvalue weighted by Crippen LogP contribution is 2.25. The number of aryl methyl sites for hydroxylation is 1. The summed E-state index contributed by atoms with van der Waals surface area (Å²) in [5.74, 6) is 7.91. The Morgan fingerprint density at radius 2 is 2.35 bits per heavy atom. The van der Waals surface area contributed by atoms with E-state index < -0.39 is 0 Å². The van der Waals surface area contributed by atoms with Gasteiger partial charge in [0.1, 0.15) is 5.82 Å². The van der Waals surface area contributed by atoms with E-state index >= 15 is 0 Å². The molecule has 0 bridgehead atoms. The minimum atomic E-state index is 0.462. The number of hydrazine groups is 1. The molecule has 1 unspecified atom stereocenters. The number of nitrogens with zero attached hydrogens (tertiary/aromatic N) is 2. The zero-order valence-electron chi connectivity index (χ0n) is 10.1. The highest BCUT2D eigenvalue weighted by Gasteiger charge is 2.13. The van der Waals surface area contributed by atoms with Crippen LogP contribution in [0.2, 0.25) is 0 Å². The van der Waals surface area contributed by atoms with Crippen molar-refractivity contribution in [3.8, 4) is 0 Å². The monoisotopic (exact) mass is 253 g/mol. The average molecular weight is 253 g/mol. The van der Waals surface area contributed by atoms with Gasteiger partial charge in [0.05, 0.1) is 0 Å². The SMILES string of the molecule is Cc1cc(NCC2CCCCS2)nc(NN)n1. The van der Waals surface area contributed by atoms with Crippen LogP contribution in [0.15, 0.2) is 6.07 Å². The van der Waals surface area contributed by atoms with Gasteiger partial charge in [0.15, 0.2) is 0 Å². The molecule has 0 saturated carbocycles. The molecule has 0 radical (unpaired) electrons.